The zero-order chi connectivity index (χ0) is 25.3. The van der Waals surface area contributed by atoms with Gasteiger partial charge in [-0.1, -0.05) is 73.7 Å². The van der Waals surface area contributed by atoms with Gasteiger partial charge >= 0.3 is 0 Å². The van der Waals surface area contributed by atoms with E-state index in [0.717, 1.165) is 36.9 Å². The van der Waals surface area contributed by atoms with E-state index in [1.54, 1.807) is 12.1 Å². The Kier molecular flexibility index (Phi) is 12.7. The fourth-order valence-corrected chi connectivity index (χ4v) is 3.45. The Balaban J connectivity index is 0.000000303. The number of primary amides is 1. The van der Waals surface area contributed by atoms with Crippen LogP contribution in [0.5, 0.6) is 5.75 Å². The Morgan fingerprint density at radius 3 is 2.31 bits per heavy atom. The normalized spacial score (nSPS) is 11.1. The third-order valence-electron chi connectivity index (χ3n) is 5.45. The van der Waals surface area contributed by atoms with Crippen LogP contribution in [-0.2, 0) is 29.0 Å². The van der Waals surface area contributed by atoms with Crippen LogP contribution < -0.4 is 16.4 Å². The van der Waals surface area contributed by atoms with E-state index in [0.29, 0.717) is 19.4 Å². The van der Waals surface area contributed by atoms with Gasteiger partial charge in [0.1, 0.15) is 5.75 Å². The molecule has 2 amide bonds. The quantitative estimate of drug-likeness (QED) is 0.299. The maximum Gasteiger partial charge on any atom is 0.234 e. The summed E-state index contributed by atoms with van der Waals surface area (Å²) in [6, 6.07) is 27.5. The number of phenolic OH excluding ortho intramolecular Hbond substituents is 1. The number of nitrogens with two attached hydrogens (primary N) is 1. The van der Waals surface area contributed by atoms with Crippen molar-refractivity contribution in [2.24, 2.45) is 5.73 Å². The van der Waals surface area contributed by atoms with Gasteiger partial charge in [0.05, 0.1) is 6.04 Å². The van der Waals surface area contributed by atoms with Gasteiger partial charge in [-0.05, 0) is 67.1 Å². The van der Waals surface area contributed by atoms with Gasteiger partial charge in [0.2, 0.25) is 11.8 Å². The highest BCUT2D eigenvalue weighted by molar-refractivity contribution is 5.79. The molecule has 0 aromatic heterocycles. The minimum atomic E-state index is -0.307. The summed E-state index contributed by atoms with van der Waals surface area (Å²) in [6.45, 7) is 3.17. The van der Waals surface area contributed by atoms with E-state index < -0.39 is 0 Å². The predicted molar refractivity (Wildman–Crippen MR) is 140 cm³/mol. The molecule has 0 saturated heterocycles. The molecule has 0 fully saturated rings. The highest BCUT2D eigenvalue weighted by Crippen LogP contribution is 2.12. The number of carbonyl (C=O) groups excluding carboxylic acids is 2. The maximum atomic E-state index is 11.6. The van der Waals surface area contributed by atoms with Crippen LogP contribution in [0.1, 0.15) is 42.9 Å². The molecule has 6 heteroatoms. The van der Waals surface area contributed by atoms with E-state index in [-0.39, 0.29) is 23.6 Å². The number of aryl methyl sites for hydroxylation is 2. The fraction of sp³-hybridized carbons (Fsp3) is 0.310. The van der Waals surface area contributed by atoms with Gasteiger partial charge in [0, 0.05) is 13.0 Å². The van der Waals surface area contributed by atoms with Crippen LogP contribution in [0.4, 0.5) is 0 Å². The summed E-state index contributed by atoms with van der Waals surface area (Å²) < 4.78 is 0. The summed E-state index contributed by atoms with van der Waals surface area (Å²) in [5.74, 6) is 0.0643. The van der Waals surface area contributed by atoms with Gasteiger partial charge in [-0.2, -0.15) is 0 Å². The molecule has 3 rings (SSSR count). The topological polar surface area (TPSA) is 104 Å². The molecule has 0 unspecified atom stereocenters. The number of hydrogen-bond donors (Lipinski definition) is 4. The highest BCUT2D eigenvalue weighted by atomic mass is 16.3. The molecular formula is C29H36N3O3. The SMILES string of the molecule is CCC(=O)NCc1cc[c]cc1.NC(=O)[C@@H](CCc1ccccc1)NCCCc1cccc(O)c1. The van der Waals surface area contributed by atoms with Crippen LogP contribution in [0.2, 0.25) is 0 Å². The molecule has 1 atom stereocenters. The van der Waals surface area contributed by atoms with Crippen molar-refractivity contribution in [1.82, 2.24) is 10.6 Å². The molecule has 35 heavy (non-hydrogen) atoms. The second-order valence-corrected chi connectivity index (χ2v) is 8.25. The number of aromatic hydroxyl groups is 1. The van der Waals surface area contributed by atoms with Crippen molar-refractivity contribution in [2.75, 3.05) is 6.54 Å². The molecule has 0 spiro atoms. The first-order valence-corrected chi connectivity index (χ1v) is 12.0. The Morgan fingerprint density at radius 1 is 0.943 bits per heavy atom. The average Bonchev–Trinajstić information content (AvgIpc) is 2.88. The van der Waals surface area contributed by atoms with E-state index in [1.165, 1.54) is 5.56 Å². The van der Waals surface area contributed by atoms with E-state index in [1.807, 2.05) is 61.5 Å². The molecule has 5 N–H and O–H groups in total. The number of carbonyl (C=O) groups is 2. The van der Waals surface area contributed by atoms with Crippen molar-refractivity contribution in [3.05, 3.63) is 102 Å². The van der Waals surface area contributed by atoms with E-state index in [2.05, 4.69) is 28.8 Å². The van der Waals surface area contributed by atoms with E-state index in [9.17, 15) is 14.7 Å². The van der Waals surface area contributed by atoms with Gasteiger partial charge in [0.25, 0.3) is 0 Å². The molecule has 3 aromatic carbocycles. The second-order valence-electron chi connectivity index (χ2n) is 8.25. The zero-order valence-corrected chi connectivity index (χ0v) is 20.4. The summed E-state index contributed by atoms with van der Waals surface area (Å²) >= 11 is 0. The van der Waals surface area contributed by atoms with Gasteiger partial charge in [-0.15, -0.1) is 0 Å². The smallest absolute Gasteiger partial charge is 0.234 e. The first-order chi connectivity index (χ1) is 17.0. The van der Waals surface area contributed by atoms with Gasteiger partial charge in [-0.3, -0.25) is 9.59 Å². The lowest BCUT2D eigenvalue weighted by Crippen LogP contribution is -2.42. The molecule has 0 bridgehead atoms. The molecule has 1 radical (unpaired) electrons. The summed E-state index contributed by atoms with van der Waals surface area (Å²) in [5.41, 5.74) is 8.88. The van der Waals surface area contributed by atoms with Gasteiger partial charge < -0.3 is 21.5 Å². The largest absolute Gasteiger partial charge is 0.508 e. The molecule has 0 heterocycles. The number of hydrogen-bond acceptors (Lipinski definition) is 4. The minimum absolute atomic E-state index is 0.0860. The zero-order valence-electron chi connectivity index (χ0n) is 20.4. The summed E-state index contributed by atoms with van der Waals surface area (Å²) in [5, 5.41) is 15.5. The van der Waals surface area contributed by atoms with Crippen LogP contribution in [0.3, 0.4) is 0 Å². The van der Waals surface area contributed by atoms with Gasteiger partial charge in [0.15, 0.2) is 0 Å². The first-order valence-electron chi connectivity index (χ1n) is 12.0. The molecule has 0 aliphatic carbocycles. The standard InChI is InChI=1S/C19H24N2O2.C10H12NO/c20-19(23)18(12-11-15-6-2-1-3-7-15)21-13-5-9-16-8-4-10-17(22)14-16;1-2-10(12)11-8-9-6-4-3-5-7-9/h1-4,6-8,10,14,18,21-22H,5,9,11-13H2,(H2,20,23);4-7H,2,8H2,1H3,(H,11,12)/t18-;/m1./s1. The number of benzene rings is 3. The van der Waals surface area contributed by atoms with Crippen molar-refractivity contribution in [2.45, 2.75) is 51.6 Å². The molecule has 185 valence electrons. The van der Waals surface area contributed by atoms with Crippen LogP contribution in [0, 0.1) is 6.07 Å². The van der Waals surface area contributed by atoms with Gasteiger partial charge in [-0.25, -0.2) is 0 Å². The number of amides is 2. The Bertz CT molecular complexity index is 1010. The van der Waals surface area contributed by atoms with Crippen molar-refractivity contribution in [1.29, 1.82) is 0 Å². The molecule has 3 aromatic rings. The van der Waals surface area contributed by atoms with Crippen LogP contribution >= 0.6 is 0 Å². The van der Waals surface area contributed by atoms with Crippen LogP contribution in [0.25, 0.3) is 0 Å². The Morgan fingerprint density at radius 2 is 1.66 bits per heavy atom. The lowest BCUT2D eigenvalue weighted by Gasteiger charge is -2.15. The fourth-order valence-electron chi connectivity index (χ4n) is 3.45. The monoisotopic (exact) mass is 474 g/mol. The van der Waals surface area contributed by atoms with Crippen molar-refractivity contribution < 1.29 is 14.7 Å². The number of phenols is 1. The average molecular weight is 475 g/mol. The second kappa shape index (κ2) is 16.1. The third kappa shape index (κ3) is 11.9. The molecule has 6 nitrogen and oxygen atoms in total. The predicted octanol–water partition coefficient (Wildman–Crippen LogP) is 3.91. The van der Waals surface area contributed by atoms with Crippen molar-refractivity contribution >= 4 is 11.8 Å². The maximum absolute atomic E-state index is 11.6. The van der Waals surface area contributed by atoms with Crippen molar-refractivity contribution in [3.8, 4) is 5.75 Å². The Labute approximate surface area is 208 Å². The van der Waals surface area contributed by atoms with Crippen molar-refractivity contribution in [3.63, 3.8) is 0 Å². The summed E-state index contributed by atoms with van der Waals surface area (Å²) in [4.78, 5) is 22.4. The molecule has 0 aliphatic heterocycles. The highest BCUT2D eigenvalue weighted by Gasteiger charge is 2.14. The summed E-state index contributed by atoms with van der Waals surface area (Å²) in [7, 11) is 0. The van der Waals surface area contributed by atoms with Crippen LogP contribution in [0.15, 0.2) is 78.9 Å². The lowest BCUT2D eigenvalue weighted by atomic mass is 10.0. The van der Waals surface area contributed by atoms with E-state index in [4.69, 9.17) is 5.73 Å². The van der Waals surface area contributed by atoms with Crippen LogP contribution in [-0.4, -0.2) is 29.5 Å². The lowest BCUT2D eigenvalue weighted by molar-refractivity contribution is -0.121. The third-order valence-corrected chi connectivity index (χ3v) is 5.45. The molecular weight excluding hydrogens is 438 g/mol. The Hall–Kier alpha value is -3.64. The number of nitrogens with one attached hydrogen (secondary N) is 2. The first kappa shape index (κ1) is 27.6. The number of rotatable bonds is 12. The van der Waals surface area contributed by atoms with E-state index >= 15 is 0 Å². The summed E-state index contributed by atoms with van der Waals surface area (Å²) in [6.07, 6.45) is 3.81. The molecule has 0 aliphatic rings. The minimum Gasteiger partial charge on any atom is -0.508 e. The molecule has 0 saturated carbocycles.